The molecule has 86 valence electrons. The zero-order chi connectivity index (χ0) is 11.6. The number of aromatic nitrogens is 2. The molecule has 0 bridgehead atoms. The highest BCUT2D eigenvalue weighted by atomic mass is 79.9. The van der Waals surface area contributed by atoms with Gasteiger partial charge in [0, 0.05) is 18.1 Å². The lowest BCUT2D eigenvalue weighted by Gasteiger charge is -2.14. The average Bonchev–Trinajstić information content (AvgIpc) is 2.38. The minimum Gasteiger partial charge on any atom is -0.270 e. The summed E-state index contributed by atoms with van der Waals surface area (Å²) < 4.78 is 3.13. The van der Waals surface area contributed by atoms with Gasteiger partial charge in [0.05, 0.1) is 15.9 Å². The van der Waals surface area contributed by atoms with Gasteiger partial charge in [0.25, 0.3) is 0 Å². The molecule has 1 atom stereocenters. The van der Waals surface area contributed by atoms with E-state index in [9.17, 15) is 0 Å². The van der Waals surface area contributed by atoms with Gasteiger partial charge in [0.1, 0.15) is 0 Å². The summed E-state index contributed by atoms with van der Waals surface area (Å²) >= 11 is 5.58. The van der Waals surface area contributed by atoms with Crippen LogP contribution in [0.15, 0.2) is 4.47 Å². The molecule has 0 N–H and O–H groups in total. The van der Waals surface area contributed by atoms with Crippen LogP contribution in [0.1, 0.15) is 32.2 Å². The number of hydrogen-bond acceptors (Lipinski definition) is 2. The monoisotopic (exact) mass is 290 g/mol. The molecule has 1 aromatic rings. The van der Waals surface area contributed by atoms with Gasteiger partial charge in [-0.3, -0.25) is 4.68 Å². The highest BCUT2D eigenvalue weighted by Gasteiger charge is 2.13. The first kappa shape index (κ1) is 13.1. The van der Waals surface area contributed by atoms with Crippen LogP contribution in [0.2, 0.25) is 0 Å². The van der Waals surface area contributed by atoms with E-state index < -0.39 is 0 Å². The summed E-state index contributed by atoms with van der Waals surface area (Å²) in [5.74, 6) is 1.75. The molecular weight excluding hydrogens is 272 g/mol. The number of thioether (sulfide) groups is 1. The van der Waals surface area contributed by atoms with Gasteiger partial charge in [-0.2, -0.15) is 16.9 Å². The average molecular weight is 291 g/mol. The van der Waals surface area contributed by atoms with Crippen LogP contribution in [0.4, 0.5) is 0 Å². The van der Waals surface area contributed by atoms with Gasteiger partial charge in [0.15, 0.2) is 0 Å². The molecular formula is C11H19BrN2S. The lowest BCUT2D eigenvalue weighted by atomic mass is 10.2. The van der Waals surface area contributed by atoms with Crippen LogP contribution in [-0.2, 0) is 12.8 Å². The summed E-state index contributed by atoms with van der Waals surface area (Å²) in [6.45, 7) is 8.85. The molecule has 0 saturated heterocycles. The Kier molecular flexibility index (Phi) is 4.71. The standard InChI is InChI=1S/C11H19BrN2S/c1-7(2)9(4)15-6-10-11(12)8(3)13-14(10)5/h7,9H,6H2,1-5H3. The lowest BCUT2D eigenvalue weighted by molar-refractivity contribution is 0.641. The topological polar surface area (TPSA) is 17.8 Å². The third kappa shape index (κ3) is 3.25. The van der Waals surface area contributed by atoms with Crippen molar-refractivity contribution in [2.75, 3.05) is 0 Å². The van der Waals surface area contributed by atoms with Crippen LogP contribution >= 0.6 is 27.7 Å². The van der Waals surface area contributed by atoms with E-state index in [0.717, 1.165) is 21.8 Å². The first-order chi connectivity index (χ1) is 6.93. The molecule has 0 aliphatic heterocycles. The molecule has 15 heavy (non-hydrogen) atoms. The van der Waals surface area contributed by atoms with Crippen molar-refractivity contribution in [1.82, 2.24) is 9.78 Å². The lowest BCUT2D eigenvalue weighted by Crippen LogP contribution is -2.07. The van der Waals surface area contributed by atoms with Gasteiger partial charge in [-0.1, -0.05) is 20.8 Å². The Labute approximate surface area is 105 Å². The Bertz CT molecular complexity index is 334. The molecule has 0 radical (unpaired) electrons. The van der Waals surface area contributed by atoms with E-state index in [0.29, 0.717) is 5.25 Å². The summed E-state index contributed by atoms with van der Waals surface area (Å²) in [7, 11) is 2.01. The number of nitrogens with zero attached hydrogens (tertiary/aromatic N) is 2. The fourth-order valence-corrected chi connectivity index (χ4v) is 3.04. The first-order valence-corrected chi connectivity index (χ1v) is 7.07. The largest absolute Gasteiger partial charge is 0.270 e. The third-order valence-electron chi connectivity index (χ3n) is 2.68. The van der Waals surface area contributed by atoms with Crippen LogP contribution in [-0.4, -0.2) is 15.0 Å². The fourth-order valence-electron chi connectivity index (χ4n) is 1.24. The van der Waals surface area contributed by atoms with Crippen molar-refractivity contribution < 1.29 is 0 Å². The smallest absolute Gasteiger partial charge is 0.0738 e. The van der Waals surface area contributed by atoms with E-state index in [-0.39, 0.29) is 0 Å². The Morgan fingerprint density at radius 3 is 2.40 bits per heavy atom. The van der Waals surface area contributed by atoms with Gasteiger partial charge >= 0.3 is 0 Å². The summed E-state index contributed by atoms with van der Waals surface area (Å²) in [6, 6.07) is 0. The Morgan fingerprint density at radius 1 is 1.40 bits per heavy atom. The molecule has 0 amide bonds. The predicted octanol–water partition coefficient (Wildman–Crippen LogP) is 3.77. The molecule has 0 aliphatic rings. The maximum atomic E-state index is 4.39. The normalized spacial score (nSPS) is 13.5. The van der Waals surface area contributed by atoms with E-state index in [1.807, 2.05) is 30.4 Å². The number of hydrogen-bond donors (Lipinski definition) is 0. The zero-order valence-electron chi connectivity index (χ0n) is 10.0. The fraction of sp³-hybridized carbons (Fsp3) is 0.727. The maximum absolute atomic E-state index is 4.39. The Morgan fingerprint density at radius 2 is 2.00 bits per heavy atom. The van der Waals surface area contributed by atoms with Crippen molar-refractivity contribution in [2.24, 2.45) is 13.0 Å². The van der Waals surface area contributed by atoms with Crippen LogP contribution in [0.25, 0.3) is 0 Å². The van der Waals surface area contributed by atoms with Crippen LogP contribution in [0.5, 0.6) is 0 Å². The summed E-state index contributed by atoms with van der Waals surface area (Å²) in [4.78, 5) is 0. The van der Waals surface area contributed by atoms with Crippen LogP contribution in [0.3, 0.4) is 0 Å². The van der Waals surface area contributed by atoms with Gasteiger partial charge in [-0.05, 0) is 28.8 Å². The quantitative estimate of drug-likeness (QED) is 0.840. The van der Waals surface area contributed by atoms with E-state index in [2.05, 4.69) is 41.8 Å². The SMILES string of the molecule is Cc1nn(C)c(CSC(C)C(C)C)c1Br. The molecule has 0 aromatic carbocycles. The molecule has 1 aromatic heterocycles. The van der Waals surface area contributed by atoms with Crippen LogP contribution in [0, 0.1) is 12.8 Å². The van der Waals surface area contributed by atoms with E-state index in [1.54, 1.807) is 0 Å². The number of rotatable bonds is 4. The van der Waals surface area contributed by atoms with Gasteiger partial charge < -0.3 is 0 Å². The van der Waals surface area contributed by atoms with Crippen molar-refractivity contribution >= 4 is 27.7 Å². The van der Waals surface area contributed by atoms with Crippen molar-refractivity contribution in [3.8, 4) is 0 Å². The predicted molar refractivity (Wildman–Crippen MR) is 71.2 cm³/mol. The molecule has 0 fully saturated rings. The minimum absolute atomic E-state index is 0.687. The second kappa shape index (κ2) is 5.39. The second-order valence-electron chi connectivity index (χ2n) is 4.23. The van der Waals surface area contributed by atoms with Crippen LogP contribution < -0.4 is 0 Å². The van der Waals surface area contributed by atoms with Gasteiger partial charge in [-0.25, -0.2) is 0 Å². The minimum atomic E-state index is 0.687. The number of halogens is 1. The van der Waals surface area contributed by atoms with Crippen molar-refractivity contribution in [1.29, 1.82) is 0 Å². The molecule has 0 aliphatic carbocycles. The summed E-state index contributed by atoms with van der Waals surface area (Å²) in [5.41, 5.74) is 2.36. The van der Waals surface area contributed by atoms with Crippen molar-refractivity contribution in [3.05, 3.63) is 15.9 Å². The van der Waals surface area contributed by atoms with E-state index >= 15 is 0 Å². The third-order valence-corrected chi connectivity index (χ3v) is 5.23. The summed E-state index contributed by atoms with van der Waals surface area (Å²) in [5, 5.41) is 5.08. The molecule has 2 nitrogen and oxygen atoms in total. The molecule has 0 spiro atoms. The highest BCUT2D eigenvalue weighted by molar-refractivity contribution is 9.10. The maximum Gasteiger partial charge on any atom is 0.0738 e. The van der Waals surface area contributed by atoms with E-state index in [1.165, 1.54) is 5.69 Å². The van der Waals surface area contributed by atoms with Gasteiger partial charge in [0.2, 0.25) is 0 Å². The van der Waals surface area contributed by atoms with E-state index in [4.69, 9.17) is 0 Å². The summed E-state index contributed by atoms with van der Waals surface area (Å²) in [6.07, 6.45) is 0. The molecule has 1 heterocycles. The Balaban J connectivity index is 2.65. The molecule has 1 rings (SSSR count). The van der Waals surface area contributed by atoms with Gasteiger partial charge in [-0.15, -0.1) is 0 Å². The van der Waals surface area contributed by atoms with Crippen molar-refractivity contribution in [2.45, 2.75) is 38.7 Å². The second-order valence-corrected chi connectivity index (χ2v) is 6.39. The number of aryl methyl sites for hydroxylation is 2. The van der Waals surface area contributed by atoms with Crippen molar-refractivity contribution in [3.63, 3.8) is 0 Å². The first-order valence-electron chi connectivity index (χ1n) is 5.23. The molecule has 0 saturated carbocycles. The molecule has 4 heteroatoms. The molecule has 1 unspecified atom stereocenters. The highest BCUT2D eigenvalue weighted by Crippen LogP contribution is 2.28. The Hall–Kier alpha value is 0.0400. The zero-order valence-corrected chi connectivity index (χ0v) is 12.4.